The summed E-state index contributed by atoms with van der Waals surface area (Å²) in [6.45, 7) is 0.651. The van der Waals surface area contributed by atoms with Crippen molar-refractivity contribution in [3.63, 3.8) is 0 Å². The number of rotatable bonds is 3. The Morgan fingerprint density at radius 1 is 1.22 bits per heavy atom. The Morgan fingerprint density at radius 2 is 2.04 bits per heavy atom. The van der Waals surface area contributed by atoms with E-state index in [9.17, 15) is 9.59 Å². The molecule has 0 bridgehead atoms. The highest BCUT2D eigenvalue weighted by atomic mass is 16.2. The van der Waals surface area contributed by atoms with Crippen LogP contribution in [0.25, 0.3) is 10.9 Å². The quantitative estimate of drug-likeness (QED) is 0.775. The second-order valence-corrected chi connectivity index (χ2v) is 7.49. The Hall–Kier alpha value is -2.96. The zero-order valence-electron chi connectivity index (χ0n) is 15.2. The molecule has 138 valence electrons. The van der Waals surface area contributed by atoms with Gasteiger partial charge < -0.3 is 4.90 Å². The van der Waals surface area contributed by atoms with Gasteiger partial charge in [0.05, 0.1) is 16.9 Å². The molecule has 1 saturated heterocycles. The lowest BCUT2D eigenvalue weighted by atomic mass is 10.1. The van der Waals surface area contributed by atoms with Gasteiger partial charge in [-0.25, -0.2) is 4.98 Å². The smallest absolute Gasteiger partial charge is 0.274 e. The molecule has 1 aliphatic heterocycles. The average Bonchev–Trinajstić information content (AvgIpc) is 3.22. The number of benzene rings is 1. The van der Waals surface area contributed by atoms with Crippen molar-refractivity contribution in [3.8, 4) is 0 Å². The number of aromatic nitrogens is 4. The summed E-state index contributed by atoms with van der Waals surface area (Å²) in [5.74, 6) is 1.07. The Bertz CT molecular complexity index is 1100. The highest BCUT2D eigenvalue weighted by Crippen LogP contribution is 2.39. The molecule has 7 nitrogen and oxygen atoms in total. The number of H-pyrrole nitrogens is 1. The number of hydrogen-bond acceptors (Lipinski definition) is 4. The van der Waals surface area contributed by atoms with Gasteiger partial charge in [0.2, 0.25) is 0 Å². The summed E-state index contributed by atoms with van der Waals surface area (Å²) < 4.78 is 1.58. The fourth-order valence-corrected chi connectivity index (χ4v) is 4.01. The van der Waals surface area contributed by atoms with Gasteiger partial charge in [-0.05, 0) is 43.9 Å². The lowest BCUT2D eigenvalue weighted by Gasteiger charge is -2.25. The van der Waals surface area contributed by atoms with E-state index < -0.39 is 0 Å². The van der Waals surface area contributed by atoms with E-state index in [4.69, 9.17) is 4.98 Å². The molecule has 2 fully saturated rings. The third-order valence-corrected chi connectivity index (χ3v) is 5.66. The Balaban J connectivity index is 1.52. The molecule has 1 N–H and O–H groups in total. The van der Waals surface area contributed by atoms with Gasteiger partial charge in [-0.15, -0.1) is 0 Å². The maximum atomic E-state index is 13.1. The zero-order chi connectivity index (χ0) is 18.5. The highest BCUT2D eigenvalue weighted by Gasteiger charge is 2.35. The number of para-hydroxylation sites is 1. The van der Waals surface area contributed by atoms with Crippen LogP contribution in [-0.2, 0) is 7.05 Å². The van der Waals surface area contributed by atoms with Gasteiger partial charge in [0.25, 0.3) is 11.5 Å². The van der Waals surface area contributed by atoms with Gasteiger partial charge in [0.15, 0.2) is 0 Å². The normalized spacial score (nSPS) is 19.7. The van der Waals surface area contributed by atoms with Crippen LogP contribution in [0, 0.1) is 0 Å². The summed E-state index contributed by atoms with van der Waals surface area (Å²) in [5.41, 5.74) is 2.09. The maximum Gasteiger partial charge on any atom is 0.274 e. The molecule has 1 saturated carbocycles. The molecule has 1 atom stereocenters. The fourth-order valence-electron chi connectivity index (χ4n) is 4.01. The van der Waals surface area contributed by atoms with Crippen molar-refractivity contribution in [1.82, 2.24) is 24.6 Å². The number of nitrogens with one attached hydrogen (secondary N) is 1. The topological polar surface area (TPSA) is 83.9 Å². The molecule has 7 heteroatoms. The van der Waals surface area contributed by atoms with Crippen LogP contribution in [0.3, 0.4) is 0 Å². The number of aromatic amines is 1. The van der Waals surface area contributed by atoms with E-state index in [-0.39, 0.29) is 17.5 Å². The predicted octanol–water partition coefficient (Wildman–Crippen LogP) is 2.51. The van der Waals surface area contributed by atoms with Crippen molar-refractivity contribution < 1.29 is 4.79 Å². The fraction of sp³-hybridized carbons (Fsp3) is 0.400. The van der Waals surface area contributed by atoms with Gasteiger partial charge in [0.1, 0.15) is 11.5 Å². The number of nitrogens with zero attached hydrogens (tertiary/aromatic N) is 4. The van der Waals surface area contributed by atoms with E-state index in [1.165, 1.54) is 0 Å². The molecule has 0 radical (unpaired) electrons. The Morgan fingerprint density at radius 3 is 2.85 bits per heavy atom. The standard InChI is InChI=1S/C20H21N5O2/c1-24-18(21-14-6-3-2-5-13(14)19(24)26)17-7-4-10-25(17)20(27)16-11-15(22-23-16)12-8-9-12/h2-3,5-6,11-12,17H,4,7-10H2,1H3,(H,22,23). The highest BCUT2D eigenvalue weighted by molar-refractivity contribution is 5.93. The van der Waals surface area contributed by atoms with Crippen molar-refractivity contribution in [2.24, 2.45) is 7.05 Å². The number of likely N-dealkylation sites (tertiary alicyclic amines) is 1. The van der Waals surface area contributed by atoms with Crippen LogP contribution in [0.1, 0.15) is 59.6 Å². The minimum absolute atomic E-state index is 0.0781. The van der Waals surface area contributed by atoms with Crippen molar-refractivity contribution in [2.45, 2.75) is 37.6 Å². The average molecular weight is 363 g/mol. The molecular weight excluding hydrogens is 342 g/mol. The minimum Gasteiger partial charge on any atom is -0.327 e. The van der Waals surface area contributed by atoms with Crippen LogP contribution in [0.5, 0.6) is 0 Å². The molecule has 1 aliphatic carbocycles. The predicted molar refractivity (Wildman–Crippen MR) is 101 cm³/mol. The SMILES string of the molecule is Cn1c(C2CCCN2C(=O)c2cc(C3CC3)[nH]n2)nc2ccccc2c1=O. The van der Waals surface area contributed by atoms with Gasteiger partial charge in [-0.3, -0.25) is 19.3 Å². The molecule has 3 heterocycles. The minimum atomic E-state index is -0.208. The van der Waals surface area contributed by atoms with Crippen LogP contribution < -0.4 is 5.56 Å². The molecule has 27 heavy (non-hydrogen) atoms. The van der Waals surface area contributed by atoms with Gasteiger partial charge in [-0.2, -0.15) is 5.10 Å². The van der Waals surface area contributed by atoms with E-state index in [2.05, 4.69) is 10.2 Å². The van der Waals surface area contributed by atoms with Crippen molar-refractivity contribution >= 4 is 16.8 Å². The first-order chi connectivity index (χ1) is 13.1. The van der Waals surface area contributed by atoms with Crippen molar-refractivity contribution in [3.05, 3.63) is 57.9 Å². The largest absolute Gasteiger partial charge is 0.327 e. The van der Waals surface area contributed by atoms with Crippen molar-refractivity contribution in [2.75, 3.05) is 6.54 Å². The molecule has 2 aromatic heterocycles. The second-order valence-electron chi connectivity index (χ2n) is 7.49. The number of hydrogen-bond donors (Lipinski definition) is 1. The summed E-state index contributed by atoms with van der Waals surface area (Å²) in [5, 5.41) is 7.84. The van der Waals surface area contributed by atoms with E-state index in [0.29, 0.717) is 34.9 Å². The molecule has 0 spiro atoms. The van der Waals surface area contributed by atoms with E-state index in [1.54, 1.807) is 17.7 Å². The van der Waals surface area contributed by atoms with Gasteiger partial charge in [-0.1, -0.05) is 12.1 Å². The number of carbonyl (C=O) groups is 1. The van der Waals surface area contributed by atoms with Crippen LogP contribution >= 0.6 is 0 Å². The third-order valence-electron chi connectivity index (χ3n) is 5.66. The van der Waals surface area contributed by atoms with Crippen molar-refractivity contribution in [1.29, 1.82) is 0 Å². The Labute approximate surface area is 156 Å². The van der Waals surface area contributed by atoms with E-state index in [0.717, 1.165) is 31.4 Å². The van der Waals surface area contributed by atoms with Gasteiger partial charge in [0, 0.05) is 25.2 Å². The summed E-state index contributed by atoms with van der Waals surface area (Å²) >= 11 is 0. The summed E-state index contributed by atoms with van der Waals surface area (Å²) in [7, 11) is 1.73. The molecule has 1 amide bonds. The molecular formula is C20H21N5O2. The summed E-state index contributed by atoms with van der Waals surface area (Å²) in [6.07, 6.45) is 4.00. The number of fused-ring (bicyclic) bond motifs is 1. The first-order valence-electron chi connectivity index (χ1n) is 9.45. The van der Waals surface area contributed by atoms with Gasteiger partial charge >= 0.3 is 0 Å². The second kappa shape index (κ2) is 6.04. The van der Waals surface area contributed by atoms with E-state index >= 15 is 0 Å². The van der Waals surface area contributed by atoms with E-state index in [1.807, 2.05) is 29.2 Å². The summed E-state index contributed by atoms with van der Waals surface area (Å²) in [4.78, 5) is 32.4. The molecule has 5 rings (SSSR count). The Kier molecular flexibility index (Phi) is 3.63. The number of carbonyl (C=O) groups excluding carboxylic acids is 1. The summed E-state index contributed by atoms with van der Waals surface area (Å²) in [6, 6.07) is 9.01. The third kappa shape index (κ3) is 2.65. The first-order valence-corrected chi connectivity index (χ1v) is 9.45. The first kappa shape index (κ1) is 16.2. The lowest BCUT2D eigenvalue weighted by molar-refractivity contribution is 0.0721. The molecule has 1 aromatic carbocycles. The maximum absolute atomic E-state index is 13.1. The lowest BCUT2D eigenvalue weighted by Crippen LogP contribution is -2.35. The van der Waals surface area contributed by atoms with Crippen LogP contribution in [0.15, 0.2) is 35.1 Å². The monoisotopic (exact) mass is 363 g/mol. The number of amides is 1. The van der Waals surface area contributed by atoms with Crippen LogP contribution in [0.4, 0.5) is 0 Å². The molecule has 2 aliphatic rings. The van der Waals surface area contributed by atoms with Crippen LogP contribution in [0.2, 0.25) is 0 Å². The zero-order valence-corrected chi connectivity index (χ0v) is 15.2. The molecule has 1 unspecified atom stereocenters. The molecule has 3 aromatic rings. The van der Waals surface area contributed by atoms with Crippen LogP contribution in [-0.4, -0.2) is 37.1 Å².